The quantitative estimate of drug-likeness (QED) is 0.301. The lowest BCUT2D eigenvalue weighted by atomic mass is 9.65. The van der Waals surface area contributed by atoms with Gasteiger partial charge >= 0.3 is 0 Å². The van der Waals surface area contributed by atoms with Crippen LogP contribution in [0.1, 0.15) is 34.9 Å². The molecule has 0 aliphatic carbocycles. The summed E-state index contributed by atoms with van der Waals surface area (Å²) in [6, 6.07) is 17.3. The van der Waals surface area contributed by atoms with Crippen molar-refractivity contribution < 1.29 is 10.3 Å². The molecule has 1 aromatic heterocycles. The zero-order valence-corrected chi connectivity index (χ0v) is 17.9. The monoisotopic (exact) mass is 458 g/mol. The van der Waals surface area contributed by atoms with E-state index in [1.54, 1.807) is 13.1 Å². The number of aryl methyl sites for hydroxylation is 1. The molecule has 0 saturated carbocycles. The van der Waals surface area contributed by atoms with Gasteiger partial charge in [0.2, 0.25) is 0 Å². The standard InChI is InChI=1S/C22H20BrClN2O2/c1-14-11-19(24)7-8-21(14)22(15(2)26-28,16-3-5-18(23)6-4-16)17-9-10-25-20(12-17)13-27/h3-12,27-28H,13H2,1-2H3/b26-15-/t22-/m0/s1. The topological polar surface area (TPSA) is 65.7 Å². The van der Waals surface area contributed by atoms with E-state index in [2.05, 4.69) is 26.1 Å². The van der Waals surface area contributed by atoms with E-state index in [4.69, 9.17) is 11.6 Å². The molecule has 3 rings (SSSR count). The van der Waals surface area contributed by atoms with Crippen molar-refractivity contribution in [2.45, 2.75) is 25.9 Å². The van der Waals surface area contributed by atoms with E-state index in [0.29, 0.717) is 16.4 Å². The van der Waals surface area contributed by atoms with Crippen molar-refractivity contribution in [1.29, 1.82) is 0 Å². The first-order chi connectivity index (χ1) is 13.4. The van der Waals surface area contributed by atoms with E-state index in [-0.39, 0.29) is 6.61 Å². The molecule has 2 N–H and O–H groups in total. The zero-order chi connectivity index (χ0) is 20.3. The van der Waals surface area contributed by atoms with Crippen LogP contribution in [0.5, 0.6) is 0 Å². The van der Waals surface area contributed by atoms with E-state index in [9.17, 15) is 10.3 Å². The molecule has 0 aliphatic rings. The maximum Gasteiger partial charge on any atom is 0.0868 e. The lowest BCUT2D eigenvalue weighted by Gasteiger charge is -2.36. The number of halogens is 2. The Morgan fingerprint density at radius 1 is 1.11 bits per heavy atom. The van der Waals surface area contributed by atoms with Crippen molar-refractivity contribution in [3.63, 3.8) is 0 Å². The maximum atomic E-state index is 9.87. The molecule has 144 valence electrons. The summed E-state index contributed by atoms with van der Waals surface area (Å²) in [6.07, 6.45) is 1.66. The van der Waals surface area contributed by atoms with Gasteiger partial charge in [-0.15, -0.1) is 0 Å². The van der Waals surface area contributed by atoms with Crippen molar-refractivity contribution in [2.75, 3.05) is 0 Å². The van der Waals surface area contributed by atoms with Gasteiger partial charge in [-0.2, -0.15) is 0 Å². The average molecular weight is 460 g/mol. The molecule has 0 fully saturated rings. The number of hydrogen-bond acceptors (Lipinski definition) is 4. The Morgan fingerprint density at radius 2 is 1.82 bits per heavy atom. The van der Waals surface area contributed by atoms with Crippen molar-refractivity contribution in [3.05, 3.63) is 98.2 Å². The summed E-state index contributed by atoms with van der Waals surface area (Å²) >= 11 is 9.70. The van der Waals surface area contributed by atoms with Crippen molar-refractivity contribution >= 4 is 33.2 Å². The molecule has 0 saturated heterocycles. The maximum absolute atomic E-state index is 9.87. The second kappa shape index (κ2) is 8.43. The minimum atomic E-state index is -0.878. The highest BCUT2D eigenvalue weighted by Gasteiger charge is 2.41. The zero-order valence-electron chi connectivity index (χ0n) is 15.5. The molecule has 0 amide bonds. The molecule has 6 heteroatoms. The van der Waals surface area contributed by atoms with E-state index in [1.807, 2.05) is 61.5 Å². The van der Waals surface area contributed by atoms with E-state index in [1.165, 1.54) is 0 Å². The highest BCUT2D eigenvalue weighted by atomic mass is 79.9. The predicted octanol–water partition coefficient (Wildman–Crippen LogP) is 5.48. The second-order valence-corrected chi connectivity index (χ2v) is 7.95. The first-order valence-corrected chi connectivity index (χ1v) is 9.88. The van der Waals surface area contributed by atoms with Crippen molar-refractivity contribution in [3.8, 4) is 0 Å². The first kappa shape index (κ1) is 20.5. The van der Waals surface area contributed by atoms with Crippen LogP contribution in [0.15, 0.2) is 70.4 Å². The lowest BCUT2D eigenvalue weighted by Crippen LogP contribution is -2.38. The van der Waals surface area contributed by atoms with Gasteiger partial charge in [-0.25, -0.2) is 0 Å². The van der Waals surface area contributed by atoms with Gasteiger partial charge in [0.1, 0.15) is 0 Å². The fourth-order valence-corrected chi connectivity index (χ4v) is 4.20. The van der Waals surface area contributed by atoms with Crippen LogP contribution in [-0.4, -0.2) is 21.0 Å². The molecule has 1 atom stereocenters. The second-order valence-electron chi connectivity index (χ2n) is 6.60. The minimum Gasteiger partial charge on any atom is -0.411 e. The Hall–Kier alpha value is -2.21. The third-order valence-electron chi connectivity index (χ3n) is 4.97. The fraction of sp³-hybridized carbons (Fsp3) is 0.182. The van der Waals surface area contributed by atoms with Crippen molar-refractivity contribution in [1.82, 2.24) is 4.98 Å². The predicted molar refractivity (Wildman–Crippen MR) is 115 cm³/mol. The Balaban J connectivity index is 2.46. The van der Waals surface area contributed by atoms with Crippen LogP contribution in [0.4, 0.5) is 0 Å². The molecule has 0 unspecified atom stereocenters. The number of hydrogen-bond donors (Lipinski definition) is 2. The third kappa shape index (κ3) is 3.58. The molecule has 0 spiro atoms. The summed E-state index contributed by atoms with van der Waals surface area (Å²) in [5.74, 6) is 0. The molecule has 28 heavy (non-hydrogen) atoms. The Bertz CT molecular complexity index is 1020. The van der Waals surface area contributed by atoms with Crippen LogP contribution in [-0.2, 0) is 12.0 Å². The summed E-state index contributed by atoms with van der Waals surface area (Å²) < 4.78 is 0.947. The van der Waals surface area contributed by atoms with Gasteiger partial charge in [0.05, 0.1) is 23.4 Å². The van der Waals surface area contributed by atoms with Gasteiger partial charge in [0, 0.05) is 15.7 Å². The summed E-state index contributed by atoms with van der Waals surface area (Å²) in [5, 5.41) is 23.8. The average Bonchev–Trinajstić information content (AvgIpc) is 2.71. The summed E-state index contributed by atoms with van der Waals surface area (Å²) in [4.78, 5) is 4.21. The van der Waals surface area contributed by atoms with E-state index in [0.717, 1.165) is 26.7 Å². The first-order valence-electron chi connectivity index (χ1n) is 8.71. The number of benzene rings is 2. The number of nitrogens with zero attached hydrogens (tertiary/aromatic N) is 2. The van der Waals surface area contributed by atoms with Gasteiger partial charge in [0.25, 0.3) is 0 Å². The number of aliphatic hydroxyl groups is 1. The highest BCUT2D eigenvalue weighted by molar-refractivity contribution is 9.10. The number of oxime groups is 1. The molecular formula is C22H20BrClN2O2. The third-order valence-corrected chi connectivity index (χ3v) is 5.74. The Morgan fingerprint density at radius 3 is 2.43 bits per heavy atom. The molecule has 3 aromatic rings. The number of pyridine rings is 1. The van der Waals surface area contributed by atoms with E-state index < -0.39 is 5.41 Å². The van der Waals surface area contributed by atoms with Crippen LogP contribution in [0.3, 0.4) is 0 Å². The minimum absolute atomic E-state index is 0.181. The molecule has 0 bridgehead atoms. The number of aromatic nitrogens is 1. The van der Waals surface area contributed by atoms with Gasteiger partial charge < -0.3 is 10.3 Å². The van der Waals surface area contributed by atoms with Gasteiger partial charge in [-0.1, -0.05) is 50.9 Å². The van der Waals surface area contributed by atoms with Gasteiger partial charge in [-0.3, -0.25) is 4.98 Å². The lowest BCUT2D eigenvalue weighted by molar-refractivity contribution is 0.276. The van der Waals surface area contributed by atoms with Crippen LogP contribution in [0, 0.1) is 6.92 Å². The van der Waals surface area contributed by atoms with Crippen LogP contribution in [0.25, 0.3) is 0 Å². The van der Waals surface area contributed by atoms with Crippen molar-refractivity contribution in [2.24, 2.45) is 5.16 Å². The Kier molecular flexibility index (Phi) is 6.18. The molecule has 4 nitrogen and oxygen atoms in total. The number of rotatable bonds is 5. The number of aliphatic hydroxyl groups excluding tert-OH is 1. The smallest absolute Gasteiger partial charge is 0.0868 e. The van der Waals surface area contributed by atoms with Crippen LogP contribution < -0.4 is 0 Å². The summed E-state index contributed by atoms with van der Waals surface area (Å²) in [5.41, 5.74) is 3.81. The normalized spacial score (nSPS) is 14.0. The van der Waals surface area contributed by atoms with Gasteiger partial charge in [-0.05, 0) is 72.5 Å². The van der Waals surface area contributed by atoms with Crippen LogP contribution in [0.2, 0.25) is 5.02 Å². The summed E-state index contributed by atoms with van der Waals surface area (Å²) in [6.45, 7) is 3.59. The summed E-state index contributed by atoms with van der Waals surface area (Å²) in [7, 11) is 0. The fourth-order valence-electron chi connectivity index (χ4n) is 3.71. The largest absolute Gasteiger partial charge is 0.411 e. The molecule has 2 aromatic carbocycles. The highest BCUT2D eigenvalue weighted by Crippen LogP contribution is 2.43. The Labute approximate surface area is 177 Å². The SMILES string of the molecule is C/C(=N/O)[C@](c1ccc(Br)cc1)(c1ccnc(CO)c1)c1ccc(Cl)cc1C. The molecule has 0 radical (unpaired) electrons. The van der Waals surface area contributed by atoms with E-state index >= 15 is 0 Å². The molecule has 0 aliphatic heterocycles. The van der Waals surface area contributed by atoms with Gasteiger partial charge in [0.15, 0.2) is 0 Å². The molecule has 1 heterocycles. The molecular weight excluding hydrogens is 440 g/mol. The van der Waals surface area contributed by atoms with Crippen LogP contribution >= 0.6 is 27.5 Å².